The second kappa shape index (κ2) is 8.17. The third-order valence-corrected chi connectivity index (χ3v) is 4.05. The lowest BCUT2D eigenvalue weighted by Crippen LogP contribution is -2.14. The first-order chi connectivity index (χ1) is 12.7. The summed E-state index contributed by atoms with van der Waals surface area (Å²) in [6, 6.07) is 25.2. The van der Waals surface area contributed by atoms with Gasteiger partial charge >= 0.3 is 0 Å². The van der Waals surface area contributed by atoms with Crippen molar-refractivity contribution in [2.24, 2.45) is 0 Å². The third-order valence-electron chi connectivity index (χ3n) is 4.05. The van der Waals surface area contributed by atoms with E-state index in [0.29, 0.717) is 17.0 Å². The molecule has 0 aliphatic carbocycles. The van der Waals surface area contributed by atoms with Gasteiger partial charge in [0.1, 0.15) is 5.75 Å². The summed E-state index contributed by atoms with van der Waals surface area (Å²) in [7, 11) is 1.60. The van der Waals surface area contributed by atoms with E-state index in [1.54, 1.807) is 7.11 Å². The van der Waals surface area contributed by atoms with E-state index in [2.05, 4.69) is 5.32 Å². The Morgan fingerprint density at radius 2 is 1.58 bits per heavy atom. The number of benzene rings is 3. The molecule has 3 rings (SSSR count). The fourth-order valence-electron chi connectivity index (χ4n) is 2.70. The Labute approximate surface area is 154 Å². The molecule has 3 nitrogen and oxygen atoms in total. The molecule has 0 bridgehead atoms. The van der Waals surface area contributed by atoms with Gasteiger partial charge in [0.05, 0.1) is 12.8 Å². The average molecular weight is 343 g/mol. The second-order valence-corrected chi connectivity index (χ2v) is 5.99. The minimum atomic E-state index is -0.179. The summed E-state index contributed by atoms with van der Waals surface area (Å²) >= 11 is 0. The zero-order chi connectivity index (χ0) is 18.4. The highest BCUT2D eigenvalue weighted by atomic mass is 16.5. The molecule has 0 saturated carbocycles. The number of hydrogen-bond acceptors (Lipinski definition) is 2. The number of nitrogens with one attached hydrogen (secondary N) is 1. The minimum Gasteiger partial charge on any atom is -0.495 e. The Balaban J connectivity index is 1.97. The Morgan fingerprint density at radius 1 is 0.923 bits per heavy atom. The second-order valence-electron chi connectivity index (χ2n) is 5.99. The molecule has 3 aromatic carbocycles. The van der Waals surface area contributed by atoms with Gasteiger partial charge < -0.3 is 10.1 Å². The maximum atomic E-state index is 13.0. The zero-order valence-electron chi connectivity index (χ0n) is 14.9. The van der Waals surface area contributed by atoms with E-state index in [-0.39, 0.29) is 5.91 Å². The lowest BCUT2D eigenvalue weighted by atomic mass is 10.0. The quantitative estimate of drug-likeness (QED) is 0.512. The number of anilines is 1. The Bertz CT molecular complexity index is 915. The lowest BCUT2D eigenvalue weighted by molar-refractivity contribution is -0.111. The smallest absolute Gasteiger partial charge is 0.256 e. The van der Waals surface area contributed by atoms with E-state index < -0.39 is 0 Å². The van der Waals surface area contributed by atoms with Crippen LogP contribution in [0.25, 0.3) is 11.6 Å². The highest BCUT2D eigenvalue weighted by Gasteiger charge is 2.14. The molecular weight excluding hydrogens is 322 g/mol. The van der Waals surface area contributed by atoms with Crippen LogP contribution in [0.4, 0.5) is 5.69 Å². The predicted octanol–water partition coefficient (Wildman–Crippen LogP) is 5.18. The van der Waals surface area contributed by atoms with Crippen molar-refractivity contribution in [3.05, 3.63) is 95.6 Å². The zero-order valence-corrected chi connectivity index (χ0v) is 14.9. The SMILES string of the molecule is COc1cc(C)ccc1NC(=O)/C(=C\c1ccccc1)c1ccccc1. The monoisotopic (exact) mass is 343 g/mol. The molecule has 1 N–H and O–H groups in total. The van der Waals surface area contributed by atoms with Crippen molar-refractivity contribution in [2.75, 3.05) is 12.4 Å². The molecule has 1 amide bonds. The standard InChI is InChI=1S/C23H21NO2/c1-17-13-14-21(22(15-17)26-2)24-23(25)20(19-11-7-4-8-12-19)16-18-9-5-3-6-10-18/h3-16H,1-2H3,(H,24,25)/b20-16-. The number of ether oxygens (including phenoxy) is 1. The van der Waals surface area contributed by atoms with Crippen LogP contribution in [0.2, 0.25) is 0 Å². The molecule has 0 unspecified atom stereocenters. The highest BCUT2D eigenvalue weighted by Crippen LogP contribution is 2.27. The first-order valence-electron chi connectivity index (χ1n) is 8.45. The van der Waals surface area contributed by atoms with E-state index in [1.807, 2.05) is 91.9 Å². The van der Waals surface area contributed by atoms with Crippen molar-refractivity contribution in [1.82, 2.24) is 0 Å². The van der Waals surface area contributed by atoms with E-state index in [9.17, 15) is 4.79 Å². The number of methoxy groups -OCH3 is 1. The van der Waals surface area contributed by atoms with E-state index in [4.69, 9.17) is 4.74 Å². The minimum absolute atomic E-state index is 0.179. The molecule has 0 saturated heterocycles. The van der Waals surface area contributed by atoms with E-state index in [1.165, 1.54) is 0 Å². The third kappa shape index (κ3) is 4.19. The molecule has 0 aliphatic heterocycles. The molecule has 0 fully saturated rings. The van der Waals surface area contributed by atoms with Crippen molar-refractivity contribution in [3.63, 3.8) is 0 Å². The van der Waals surface area contributed by atoms with E-state index >= 15 is 0 Å². The molecule has 130 valence electrons. The van der Waals surface area contributed by atoms with Crippen LogP contribution < -0.4 is 10.1 Å². The van der Waals surface area contributed by atoms with Crippen LogP contribution in [0, 0.1) is 6.92 Å². The summed E-state index contributed by atoms with van der Waals surface area (Å²) in [4.78, 5) is 13.0. The van der Waals surface area contributed by atoms with Gasteiger partial charge in [0, 0.05) is 5.57 Å². The van der Waals surface area contributed by atoms with E-state index in [0.717, 1.165) is 16.7 Å². The summed E-state index contributed by atoms with van der Waals surface area (Å²) in [5, 5.41) is 2.98. The van der Waals surface area contributed by atoms with Crippen LogP contribution >= 0.6 is 0 Å². The summed E-state index contributed by atoms with van der Waals surface area (Å²) in [6.45, 7) is 1.98. The molecule has 0 spiro atoms. The van der Waals surface area contributed by atoms with Gasteiger partial charge in [-0.3, -0.25) is 4.79 Å². The maximum absolute atomic E-state index is 13.0. The normalized spacial score (nSPS) is 11.1. The Morgan fingerprint density at radius 3 is 2.23 bits per heavy atom. The van der Waals surface area contributed by atoms with Crippen LogP contribution in [-0.4, -0.2) is 13.0 Å². The summed E-state index contributed by atoms with van der Waals surface area (Å²) < 4.78 is 5.40. The topological polar surface area (TPSA) is 38.3 Å². The fraction of sp³-hybridized carbons (Fsp3) is 0.0870. The Kier molecular flexibility index (Phi) is 5.49. The maximum Gasteiger partial charge on any atom is 0.256 e. The molecule has 26 heavy (non-hydrogen) atoms. The highest BCUT2D eigenvalue weighted by molar-refractivity contribution is 6.29. The molecule has 0 radical (unpaired) electrons. The van der Waals surface area contributed by atoms with Crippen LogP contribution in [-0.2, 0) is 4.79 Å². The van der Waals surface area contributed by atoms with Crippen molar-refractivity contribution in [3.8, 4) is 5.75 Å². The van der Waals surface area contributed by atoms with Crippen LogP contribution in [0.1, 0.15) is 16.7 Å². The molecule has 0 heterocycles. The molecular formula is C23H21NO2. The van der Waals surface area contributed by atoms with Gasteiger partial charge in [0.25, 0.3) is 5.91 Å². The summed E-state index contributed by atoms with van der Waals surface area (Å²) in [5.41, 5.74) is 4.15. The van der Waals surface area contributed by atoms with Gasteiger partial charge in [-0.1, -0.05) is 66.7 Å². The number of hydrogen-bond donors (Lipinski definition) is 1. The van der Waals surface area contributed by atoms with Crippen LogP contribution in [0.3, 0.4) is 0 Å². The number of aryl methyl sites for hydroxylation is 1. The van der Waals surface area contributed by atoms with Gasteiger partial charge in [0.15, 0.2) is 0 Å². The summed E-state index contributed by atoms with van der Waals surface area (Å²) in [5.74, 6) is 0.465. The first-order valence-corrected chi connectivity index (χ1v) is 8.45. The largest absolute Gasteiger partial charge is 0.495 e. The summed E-state index contributed by atoms with van der Waals surface area (Å²) in [6.07, 6.45) is 1.89. The van der Waals surface area contributed by atoms with Gasteiger partial charge in [-0.2, -0.15) is 0 Å². The molecule has 3 heteroatoms. The van der Waals surface area contributed by atoms with Crippen molar-refractivity contribution < 1.29 is 9.53 Å². The Hall–Kier alpha value is -3.33. The average Bonchev–Trinajstić information content (AvgIpc) is 2.69. The van der Waals surface area contributed by atoms with Gasteiger partial charge in [-0.25, -0.2) is 0 Å². The lowest BCUT2D eigenvalue weighted by Gasteiger charge is -2.13. The van der Waals surface area contributed by atoms with Crippen LogP contribution in [0.5, 0.6) is 5.75 Å². The number of carbonyl (C=O) groups excluding carboxylic acids is 1. The molecule has 0 aromatic heterocycles. The van der Waals surface area contributed by atoms with Gasteiger partial charge in [-0.15, -0.1) is 0 Å². The van der Waals surface area contributed by atoms with Crippen molar-refractivity contribution in [1.29, 1.82) is 0 Å². The van der Waals surface area contributed by atoms with Gasteiger partial charge in [0.2, 0.25) is 0 Å². The van der Waals surface area contributed by atoms with Crippen molar-refractivity contribution >= 4 is 23.2 Å². The number of amides is 1. The first kappa shape index (κ1) is 17.5. The van der Waals surface area contributed by atoms with Crippen molar-refractivity contribution in [2.45, 2.75) is 6.92 Å². The predicted molar refractivity (Wildman–Crippen MR) is 107 cm³/mol. The molecule has 3 aromatic rings. The van der Waals surface area contributed by atoms with Crippen LogP contribution in [0.15, 0.2) is 78.9 Å². The number of carbonyl (C=O) groups is 1. The van der Waals surface area contributed by atoms with Gasteiger partial charge in [-0.05, 0) is 41.8 Å². The molecule has 0 atom stereocenters. The fourth-order valence-corrected chi connectivity index (χ4v) is 2.70. The molecule has 0 aliphatic rings. The number of rotatable bonds is 5.